The fourth-order valence-corrected chi connectivity index (χ4v) is 4.60. The molecule has 1 fully saturated rings. The van der Waals surface area contributed by atoms with Crippen LogP contribution in [-0.2, 0) is 6.54 Å². The number of piperidine rings is 1. The van der Waals surface area contributed by atoms with Gasteiger partial charge >= 0.3 is 0 Å². The predicted octanol–water partition coefficient (Wildman–Crippen LogP) is 3.01. The quantitative estimate of drug-likeness (QED) is 0.686. The summed E-state index contributed by atoms with van der Waals surface area (Å²) in [6.07, 6.45) is 1.04. The maximum absolute atomic E-state index is 12.2. The van der Waals surface area contributed by atoms with E-state index in [1.807, 2.05) is 41.0 Å². The Morgan fingerprint density at radius 3 is 2.86 bits per heavy atom. The molecule has 0 spiro atoms. The number of benzene rings is 1. The van der Waals surface area contributed by atoms with Gasteiger partial charge in [-0.25, -0.2) is 0 Å². The minimum Gasteiger partial charge on any atom is -0.496 e. The van der Waals surface area contributed by atoms with Crippen LogP contribution in [0.5, 0.6) is 5.75 Å². The topological polar surface area (TPSA) is 84.3 Å². The SMILES string of the molecule is COc1ccccc1-c1nc(C#N)c(N2C[C@@H]3C[C@@H](C2)c2cccc(=O)n2C3)o1. The molecule has 2 atom stereocenters. The Morgan fingerprint density at radius 1 is 1.17 bits per heavy atom. The third-order valence-corrected chi connectivity index (χ3v) is 5.82. The number of oxazole rings is 1. The van der Waals surface area contributed by atoms with E-state index in [0.29, 0.717) is 42.1 Å². The van der Waals surface area contributed by atoms with Crippen LogP contribution in [0.1, 0.15) is 23.7 Å². The molecule has 0 N–H and O–H groups in total. The Kier molecular flexibility index (Phi) is 4.13. The Bertz CT molecular complexity index is 1170. The Morgan fingerprint density at radius 2 is 2.03 bits per heavy atom. The lowest BCUT2D eigenvalue weighted by atomic mass is 9.83. The first kappa shape index (κ1) is 17.6. The van der Waals surface area contributed by atoms with Gasteiger partial charge in [0, 0.05) is 37.3 Å². The van der Waals surface area contributed by atoms with E-state index in [2.05, 4.69) is 16.0 Å². The van der Waals surface area contributed by atoms with Crippen LogP contribution in [-0.4, -0.2) is 29.8 Å². The summed E-state index contributed by atoms with van der Waals surface area (Å²) in [5.74, 6) is 2.07. The first-order valence-corrected chi connectivity index (χ1v) is 9.67. The number of hydrogen-bond acceptors (Lipinski definition) is 6. The first-order valence-electron chi connectivity index (χ1n) is 9.67. The lowest BCUT2D eigenvalue weighted by molar-refractivity contribution is 0.275. The molecule has 7 heteroatoms. The number of para-hydroxylation sites is 1. The van der Waals surface area contributed by atoms with E-state index in [0.717, 1.165) is 18.7 Å². The van der Waals surface area contributed by atoms with Gasteiger partial charge in [0.05, 0.1) is 12.7 Å². The van der Waals surface area contributed by atoms with Crippen LogP contribution >= 0.6 is 0 Å². The molecule has 7 nitrogen and oxygen atoms in total. The van der Waals surface area contributed by atoms with Crippen molar-refractivity contribution in [1.82, 2.24) is 9.55 Å². The maximum atomic E-state index is 12.2. The van der Waals surface area contributed by atoms with Crippen molar-refractivity contribution in [3.05, 3.63) is 64.2 Å². The summed E-state index contributed by atoms with van der Waals surface area (Å²) in [4.78, 5) is 18.8. The van der Waals surface area contributed by atoms with Crippen molar-refractivity contribution in [3.63, 3.8) is 0 Å². The fraction of sp³-hybridized carbons (Fsp3) is 0.318. The molecule has 2 aromatic heterocycles. The molecule has 29 heavy (non-hydrogen) atoms. The van der Waals surface area contributed by atoms with Crippen molar-refractivity contribution >= 4 is 5.88 Å². The molecule has 3 aromatic rings. The number of methoxy groups -OCH3 is 1. The third kappa shape index (κ3) is 2.88. The van der Waals surface area contributed by atoms with Crippen molar-refractivity contribution in [2.45, 2.75) is 18.9 Å². The van der Waals surface area contributed by atoms with Crippen LogP contribution in [0.15, 0.2) is 51.7 Å². The van der Waals surface area contributed by atoms with Gasteiger partial charge in [-0.2, -0.15) is 10.2 Å². The molecular formula is C22H20N4O3. The summed E-state index contributed by atoms with van der Waals surface area (Å²) in [6, 6.07) is 15.1. The van der Waals surface area contributed by atoms with Crippen molar-refractivity contribution in [3.8, 4) is 23.3 Å². The average Bonchev–Trinajstić information content (AvgIpc) is 3.19. The Balaban J connectivity index is 1.52. The largest absolute Gasteiger partial charge is 0.496 e. The van der Waals surface area contributed by atoms with Crippen LogP contribution in [0.25, 0.3) is 11.5 Å². The van der Waals surface area contributed by atoms with Crippen molar-refractivity contribution in [2.75, 3.05) is 25.1 Å². The number of rotatable bonds is 3. The smallest absolute Gasteiger partial charge is 0.250 e. The van der Waals surface area contributed by atoms with E-state index in [9.17, 15) is 10.1 Å². The van der Waals surface area contributed by atoms with Crippen LogP contribution in [0.4, 0.5) is 5.88 Å². The van der Waals surface area contributed by atoms with Crippen LogP contribution in [0.2, 0.25) is 0 Å². The summed E-state index contributed by atoms with van der Waals surface area (Å²) >= 11 is 0. The summed E-state index contributed by atoms with van der Waals surface area (Å²) in [5, 5.41) is 9.66. The minimum absolute atomic E-state index is 0.0569. The number of hydrogen-bond donors (Lipinski definition) is 0. The summed E-state index contributed by atoms with van der Waals surface area (Å²) in [7, 11) is 1.60. The van der Waals surface area contributed by atoms with Crippen LogP contribution < -0.4 is 15.2 Å². The highest BCUT2D eigenvalue weighted by molar-refractivity contribution is 5.66. The zero-order valence-electron chi connectivity index (χ0n) is 16.0. The second kappa shape index (κ2) is 6.82. The second-order valence-corrected chi connectivity index (χ2v) is 7.59. The predicted molar refractivity (Wildman–Crippen MR) is 107 cm³/mol. The molecule has 0 aliphatic carbocycles. The molecule has 1 aromatic carbocycles. The highest BCUT2D eigenvalue weighted by Crippen LogP contribution is 2.39. The number of ether oxygens (including phenoxy) is 1. The number of nitriles is 1. The van der Waals surface area contributed by atoms with E-state index in [-0.39, 0.29) is 17.2 Å². The van der Waals surface area contributed by atoms with Crippen molar-refractivity contribution < 1.29 is 9.15 Å². The average molecular weight is 388 g/mol. The van der Waals surface area contributed by atoms with Gasteiger partial charge in [-0.15, -0.1) is 0 Å². The van der Waals surface area contributed by atoms with Gasteiger partial charge in [-0.1, -0.05) is 18.2 Å². The summed E-state index contributed by atoms with van der Waals surface area (Å²) in [5.41, 5.74) is 2.10. The summed E-state index contributed by atoms with van der Waals surface area (Å²) in [6.45, 7) is 2.11. The van der Waals surface area contributed by atoms with Crippen molar-refractivity contribution in [1.29, 1.82) is 5.26 Å². The minimum atomic E-state index is 0.0569. The highest BCUT2D eigenvalue weighted by atomic mass is 16.5. The van der Waals surface area contributed by atoms with E-state index >= 15 is 0 Å². The van der Waals surface area contributed by atoms with Crippen LogP contribution in [0.3, 0.4) is 0 Å². The fourth-order valence-electron chi connectivity index (χ4n) is 4.60. The molecule has 0 amide bonds. The first-order chi connectivity index (χ1) is 14.2. The zero-order chi connectivity index (χ0) is 20.0. The third-order valence-electron chi connectivity index (χ3n) is 5.82. The Labute approximate surface area is 167 Å². The van der Waals surface area contributed by atoms with Gasteiger partial charge in [0.1, 0.15) is 11.8 Å². The molecule has 2 aliphatic heterocycles. The second-order valence-electron chi connectivity index (χ2n) is 7.59. The van der Waals surface area contributed by atoms with E-state index in [1.165, 1.54) is 0 Å². The molecule has 4 heterocycles. The van der Waals surface area contributed by atoms with Gasteiger partial charge < -0.3 is 18.6 Å². The lowest BCUT2D eigenvalue weighted by Crippen LogP contribution is -2.47. The van der Waals surface area contributed by atoms with Crippen molar-refractivity contribution in [2.24, 2.45) is 5.92 Å². The molecular weight excluding hydrogens is 368 g/mol. The number of aromatic nitrogens is 2. The van der Waals surface area contributed by atoms with Crippen LogP contribution in [0, 0.1) is 17.2 Å². The number of nitrogens with zero attached hydrogens (tertiary/aromatic N) is 4. The molecule has 0 radical (unpaired) electrons. The monoisotopic (exact) mass is 388 g/mol. The zero-order valence-corrected chi connectivity index (χ0v) is 16.0. The standard InChI is InChI=1S/C22H20N4O3/c1-28-19-7-3-2-5-16(19)21-24-17(10-23)22(29-21)25-11-14-9-15(13-25)18-6-4-8-20(27)26(18)12-14/h2-8,14-15H,9,11-13H2,1H3/t14-,15-/m0/s1. The van der Waals surface area contributed by atoms with E-state index in [4.69, 9.17) is 9.15 Å². The number of anilines is 1. The normalized spacial score (nSPS) is 20.1. The molecule has 1 saturated heterocycles. The van der Waals surface area contributed by atoms with Gasteiger partial charge in [0.2, 0.25) is 17.5 Å². The molecule has 146 valence electrons. The molecule has 2 bridgehead atoms. The van der Waals surface area contributed by atoms with Gasteiger partial charge in [-0.3, -0.25) is 4.79 Å². The van der Waals surface area contributed by atoms with E-state index in [1.54, 1.807) is 13.2 Å². The molecule has 2 aliphatic rings. The maximum Gasteiger partial charge on any atom is 0.250 e. The highest BCUT2D eigenvalue weighted by Gasteiger charge is 2.37. The number of fused-ring (bicyclic) bond motifs is 4. The molecule has 0 unspecified atom stereocenters. The van der Waals surface area contributed by atoms with Gasteiger partial charge in [-0.05, 0) is 30.5 Å². The lowest BCUT2D eigenvalue weighted by Gasteiger charge is -2.42. The van der Waals surface area contributed by atoms with Gasteiger partial charge in [0.15, 0.2) is 0 Å². The van der Waals surface area contributed by atoms with E-state index < -0.39 is 0 Å². The Hall–Kier alpha value is -3.53. The molecule has 0 saturated carbocycles. The van der Waals surface area contributed by atoms with Gasteiger partial charge in [0.25, 0.3) is 5.56 Å². The summed E-state index contributed by atoms with van der Waals surface area (Å²) < 4.78 is 13.4. The number of pyridine rings is 1. The molecule has 5 rings (SSSR count).